The first-order valence-corrected chi connectivity index (χ1v) is 13.2. The van der Waals surface area contributed by atoms with Crippen molar-refractivity contribution in [2.24, 2.45) is 5.92 Å². The van der Waals surface area contributed by atoms with E-state index in [9.17, 15) is 23.2 Å². The molecule has 4 atom stereocenters. The van der Waals surface area contributed by atoms with E-state index in [0.29, 0.717) is 37.3 Å². The number of nitrogens with one attached hydrogen (secondary N) is 2. The third-order valence-electron chi connectivity index (χ3n) is 8.53. The van der Waals surface area contributed by atoms with Gasteiger partial charge < -0.3 is 15.0 Å². The molecule has 1 aromatic carbocycles. The standard InChI is InChI=1S/C27H35F2N3O4/c1-36-20-4-3-17(22(14-20)30-19-8-10-27(28,29)11-9-19)12-16-2-5-21-18(13-16)15-32(26(21)35)23-6-7-24(33)31-25(23)34/h2,5,13,17,19-20,22-23,30H,3-4,6-12,14-15H2,1H3,(H,31,33,34)/t17-,20+,22+,23?/m1/s1. The Morgan fingerprint density at radius 2 is 1.89 bits per heavy atom. The van der Waals surface area contributed by atoms with Crippen molar-refractivity contribution in [3.63, 3.8) is 0 Å². The van der Waals surface area contributed by atoms with Gasteiger partial charge in [0.15, 0.2) is 0 Å². The zero-order chi connectivity index (χ0) is 25.4. The van der Waals surface area contributed by atoms with Gasteiger partial charge in [0.05, 0.1) is 6.10 Å². The maximum atomic E-state index is 13.6. The van der Waals surface area contributed by atoms with Crippen LogP contribution in [0.15, 0.2) is 18.2 Å². The number of amides is 3. The zero-order valence-corrected chi connectivity index (χ0v) is 20.7. The van der Waals surface area contributed by atoms with Gasteiger partial charge in [-0.1, -0.05) is 12.1 Å². The summed E-state index contributed by atoms with van der Waals surface area (Å²) in [4.78, 5) is 38.4. The van der Waals surface area contributed by atoms with Gasteiger partial charge in [0, 0.05) is 50.6 Å². The van der Waals surface area contributed by atoms with Gasteiger partial charge in [-0.2, -0.15) is 0 Å². The summed E-state index contributed by atoms with van der Waals surface area (Å²) in [5.74, 6) is -3.06. The van der Waals surface area contributed by atoms with Crippen LogP contribution in [0.3, 0.4) is 0 Å². The molecule has 196 valence electrons. The van der Waals surface area contributed by atoms with E-state index >= 15 is 0 Å². The van der Waals surface area contributed by atoms with E-state index < -0.39 is 17.9 Å². The monoisotopic (exact) mass is 503 g/mol. The predicted octanol–water partition coefficient (Wildman–Crippen LogP) is 3.34. The summed E-state index contributed by atoms with van der Waals surface area (Å²) in [6.45, 7) is 0.364. The molecule has 0 radical (unpaired) electrons. The van der Waals surface area contributed by atoms with Gasteiger partial charge in [-0.25, -0.2) is 8.78 Å². The number of ether oxygens (including phenoxy) is 1. The molecule has 2 aliphatic heterocycles. The second-order valence-electron chi connectivity index (χ2n) is 10.9. The smallest absolute Gasteiger partial charge is 0.255 e. The van der Waals surface area contributed by atoms with Crippen molar-refractivity contribution >= 4 is 17.7 Å². The molecule has 3 amide bonds. The third kappa shape index (κ3) is 5.32. The molecule has 0 aromatic heterocycles. The van der Waals surface area contributed by atoms with Crippen LogP contribution >= 0.6 is 0 Å². The van der Waals surface area contributed by atoms with E-state index in [1.165, 1.54) is 0 Å². The van der Waals surface area contributed by atoms with Crippen LogP contribution in [0.25, 0.3) is 0 Å². The van der Waals surface area contributed by atoms with Crippen molar-refractivity contribution in [2.45, 2.75) is 101 Å². The van der Waals surface area contributed by atoms with Crippen molar-refractivity contribution in [1.82, 2.24) is 15.5 Å². The zero-order valence-electron chi connectivity index (χ0n) is 20.7. The molecule has 4 aliphatic rings. The number of nitrogens with zero attached hydrogens (tertiary/aromatic N) is 1. The molecule has 3 fully saturated rings. The highest BCUT2D eigenvalue weighted by atomic mass is 19.3. The van der Waals surface area contributed by atoms with Crippen LogP contribution < -0.4 is 10.6 Å². The summed E-state index contributed by atoms with van der Waals surface area (Å²) in [7, 11) is 1.73. The minimum Gasteiger partial charge on any atom is -0.381 e. The molecule has 36 heavy (non-hydrogen) atoms. The average molecular weight is 504 g/mol. The number of carbonyl (C=O) groups excluding carboxylic acids is 3. The average Bonchev–Trinajstić information content (AvgIpc) is 3.17. The minimum absolute atomic E-state index is 0.0573. The van der Waals surface area contributed by atoms with Gasteiger partial charge >= 0.3 is 0 Å². The number of carbonyl (C=O) groups is 3. The van der Waals surface area contributed by atoms with Crippen LogP contribution in [0.5, 0.6) is 0 Å². The molecule has 2 aliphatic carbocycles. The lowest BCUT2D eigenvalue weighted by Gasteiger charge is -2.40. The largest absolute Gasteiger partial charge is 0.381 e. The molecule has 2 heterocycles. The van der Waals surface area contributed by atoms with Gasteiger partial charge in [0.25, 0.3) is 5.91 Å². The Hall–Kier alpha value is -2.39. The Bertz CT molecular complexity index is 1020. The number of piperidine rings is 1. The number of rotatable bonds is 6. The maximum Gasteiger partial charge on any atom is 0.255 e. The molecule has 1 unspecified atom stereocenters. The van der Waals surface area contributed by atoms with Crippen LogP contribution in [0.1, 0.15) is 79.3 Å². The number of methoxy groups -OCH3 is 1. The van der Waals surface area contributed by atoms with E-state index in [1.54, 1.807) is 12.0 Å². The third-order valence-corrected chi connectivity index (χ3v) is 8.53. The van der Waals surface area contributed by atoms with Crippen molar-refractivity contribution in [2.75, 3.05) is 7.11 Å². The lowest BCUT2D eigenvalue weighted by Crippen LogP contribution is -2.52. The van der Waals surface area contributed by atoms with Crippen LogP contribution in [0.4, 0.5) is 8.78 Å². The summed E-state index contributed by atoms with van der Waals surface area (Å²) in [6.07, 6.45) is 5.26. The highest BCUT2D eigenvalue weighted by molar-refractivity contribution is 6.05. The van der Waals surface area contributed by atoms with Crippen LogP contribution in [0, 0.1) is 5.92 Å². The van der Waals surface area contributed by atoms with E-state index in [4.69, 9.17) is 4.74 Å². The minimum atomic E-state index is -2.54. The van der Waals surface area contributed by atoms with Gasteiger partial charge in [0.2, 0.25) is 17.7 Å². The molecule has 1 aromatic rings. The highest BCUT2D eigenvalue weighted by Crippen LogP contribution is 2.36. The van der Waals surface area contributed by atoms with Crippen molar-refractivity contribution < 1.29 is 27.9 Å². The number of alkyl halides is 2. The summed E-state index contributed by atoms with van der Waals surface area (Å²) >= 11 is 0. The number of hydrogen-bond donors (Lipinski definition) is 2. The van der Waals surface area contributed by atoms with Gasteiger partial charge in [0.1, 0.15) is 6.04 Å². The number of imide groups is 1. The van der Waals surface area contributed by atoms with Gasteiger partial charge in [-0.3, -0.25) is 19.7 Å². The fourth-order valence-electron chi connectivity index (χ4n) is 6.42. The predicted molar refractivity (Wildman–Crippen MR) is 128 cm³/mol. The van der Waals surface area contributed by atoms with Crippen LogP contribution in [-0.4, -0.2) is 59.9 Å². The lowest BCUT2D eigenvalue weighted by molar-refractivity contribution is -0.136. The summed E-state index contributed by atoms with van der Waals surface area (Å²) in [5, 5.41) is 6.04. The molecule has 9 heteroatoms. The van der Waals surface area contributed by atoms with E-state index in [0.717, 1.165) is 36.8 Å². The number of benzene rings is 1. The topological polar surface area (TPSA) is 87.7 Å². The Morgan fingerprint density at radius 3 is 2.61 bits per heavy atom. The lowest BCUT2D eigenvalue weighted by atomic mass is 9.78. The molecular formula is C27H35F2N3O4. The summed E-state index contributed by atoms with van der Waals surface area (Å²) in [6, 6.07) is 5.59. The number of halogens is 2. The SMILES string of the molecule is CO[C@H]1CC[C@H](Cc2ccc3c(c2)CN(C2CCC(=O)NC2=O)C3=O)[C@@H](NC2CCC(F)(F)CC2)C1. The second-order valence-corrected chi connectivity index (χ2v) is 10.9. The normalized spacial score (nSPS) is 30.9. The second kappa shape index (κ2) is 10.2. The Kier molecular flexibility index (Phi) is 7.14. The Labute approximate surface area is 210 Å². The molecule has 0 spiro atoms. The highest BCUT2D eigenvalue weighted by Gasteiger charge is 2.40. The van der Waals surface area contributed by atoms with Crippen molar-refractivity contribution in [1.29, 1.82) is 0 Å². The van der Waals surface area contributed by atoms with Gasteiger partial charge in [-0.15, -0.1) is 0 Å². The fraction of sp³-hybridized carbons (Fsp3) is 0.667. The summed E-state index contributed by atoms with van der Waals surface area (Å²) in [5.41, 5.74) is 2.66. The first-order chi connectivity index (χ1) is 17.2. The van der Waals surface area contributed by atoms with Gasteiger partial charge in [-0.05, 0) is 68.1 Å². The molecule has 5 rings (SSSR count). The Morgan fingerprint density at radius 1 is 1.11 bits per heavy atom. The molecule has 7 nitrogen and oxygen atoms in total. The Balaban J connectivity index is 1.26. The summed E-state index contributed by atoms with van der Waals surface area (Å²) < 4.78 is 32.9. The van der Waals surface area contributed by atoms with Crippen LogP contribution in [0.2, 0.25) is 0 Å². The number of fused-ring (bicyclic) bond motifs is 1. The molecule has 1 saturated heterocycles. The molecule has 0 bridgehead atoms. The number of hydrogen-bond acceptors (Lipinski definition) is 5. The quantitative estimate of drug-likeness (QED) is 0.582. The molecule has 2 N–H and O–H groups in total. The molecule has 2 saturated carbocycles. The van der Waals surface area contributed by atoms with E-state index in [-0.39, 0.29) is 49.3 Å². The molecular weight excluding hydrogens is 468 g/mol. The van der Waals surface area contributed by atoms with Crippen LogP contribution in [-0.2, 0) is 27.3 Å². The maximum absolute atomic E-state index is 13.6. The van der Waals surface area contributed by atoms with Crippen molar-refractivity contribution in [3.8, 4) is 0 Å². The first kappa shape index (κ1) is 25.3. The van der Waals surface area contributed by atoms with E-state index in [1.807, 2.05) is 12.1 Å². The van der Waals surface area contributed by atoms with Crippen molar-refractivity contribution in [3.05, 3.63) is 34.9 Å². The first-order valence-electron chi connectivity index (χ1n) is 13.2. The van der Waals surface area contributed by atoms with E-state index in [2.05, 4.69) is 16.7 Å². The fourth-order valence-corrected chi connectivity index (χ4v) is 6.42.